The van der Waals surface area contributed by atoms with Crippen LogP contribution in [-0.2, 0) is 33.3 Å². The van der Waals surface area contributed by atoms with E-state index in [0.717, 1.165) is 0 Å². The Labute approximate surface area is 148 Å². The fraction of sp³-hybridized carbons (Fsp3) is 0.714. The summed E-state index contributed by atoms with van der Waals surface area (Å²) in [5.74, 6) is -3.13. The molecular weight excluding hydrogens is 376 g/mol. The smallest absolute Gasteiger partial charge is 0.265 e. The van der Waals surface area contributed by atoms with Gasteiger partial charge in [0.2, 0.25) is 15.8 Å². The summed E-state index contributed by atoms with van der Waals surface area (Å²) in [7, 11) is -6.68. The van der Waals surface area contributed by atoms with Crippen molar-refractivity contribution < 1.29 is 53.1 Å². The highest BCUT2D eigenvalue weighted by Gasteiger charge is 2.80. The Kier molecular flexibility index (Phi) is 5.51. The van der Waals surface area contributed by atoms with Crippen LogP contribution < -0.4 is 0 Å². The summed E-state index contributed by atoms with van der Waals surface area (Å²) < 4.78 is 29.3. The number of hydrogen-bond donors (Lipinski definition) is 5. The standard InChI is InChI=1S/C14H22O11S/c1-6(16)13(22)12(21)11(20)10(5-15)25-14(13,7(2)17)26(23,24,8(3)18)9(4)19/h10-12,15,20-22H,5H2,1-4H3,(H,23,24)/t10-,11-,12+,13-,14?/m1/s1. The molecule has 12 heteroatoms. The first-order valence-electron chi connectivity index (χ1n) is 7.39. The molecule has 1 fully saturated rings. The topological polar surface area (TPSA) is 196 Å². The Bertz CT molecular complexity index is 725. The van der Waals surface area contributed by atoms with Crippen LogP contribution in [0.25, 0.3) is 0 Å². The zero-order valence-corrected chi connectivity index (χ0v) is 15.3. The van der Waals surface area contributed by atoms with Crippen LogP contribution in [0, 0.1) is 0 Å². The molecule has 1 rings (SSSR count). The molecule has 0 aromatic rings. The first-order valence-corrected chi connectivity index (χ1v) is 9.31. The highest BCUT2D eigenvalue weighted by molar-refractivity contribution is 8.40. The first kappa shape index (κ1) is 22.6. The summed E-state index contributed by atoms with van der Waals surface area (Å²) >= 11 is 0. The average Bonchev–Trinajstić information content (AvgIpc) is 2.52. The van der Waals surface area contributed by atoms with Gasteiger partial charge >= 0.3 is 0 Å². The van der Waals surface area contributed by atoms with Gasteiger partial charge in [-0.2, -0.15) is 4.21 Å². The van der Waals surface area contributed by atoms with Crippen LogP contribution in [0.2, 0.25) is 0 Å². The van der Waals surface area contributed by atoms with Crippen molar-refractivity contribution in [1.82, 2.24) is 0 Å². The number of carbonyl (C=O) groups is 4. The minimum Gasteiger partial charge on any atom is -0.394 e. The summed E-state index contributed by atoms with van der Waals surface area (Å²) in [6.07, 6.45) is -6.79. The Morgan fingerprint density at radius 1 is 1.00 bits per heavy atom. The van der Waals surface area contributed by atoms with Crippen molar-refractivity contribution in [2.24, 2.45) is 0 Å². The van der Waals surface area contributed by atoms with Crippen LogP contribution in [0.1, 0.15) is 27.7 Å². The molecule has 0 aromatic heterocycles. The molecule has 0 amide bonds. The lowest BCUT2D eigenvalue weighted by Crippen LogP contribution is -2.86. The molecule has 0 bridgehead atoms. The molecule has 5 atom stereocenters. The Morgan fingerprint density at radius 2 is 1.42 bits per heavy atom. The summed E-state index contributed by atoms with van der Waals surface area (Å²) in [4.78, 5) is 45.1. The largest absolute Gasteiger partial charge is 0.394 e. The van der Waals surface area contributed by atoms with E-state index in [1.807, 2.05) is 0 Å². The van der Waals surface area contributed by atoms with Gasteiger partial charge in [0.05, 0.1) is 6.61 Å². The normalized spacial score (nSPS) is 36.7. The van der Waals surface area contributed by atoms with Crippen molar-refractivity contribution >= 4 is 31.1 Å². The Balaban J connectivity index is 4.23. The summed E-state index contributed by atoms with van der Waals surface area (Å²) in [5.41, 5.74) is -3.64. The molecule has 0 radical (unpaired) electrons. The monoisotopic (exact) mass is 398 g/mol. The SMILES string of the molecule is CC(=O)C1(S(=O)(O)(C(C)=O)C(C)=O)O[C@H](CO)[C@@H](O)[C@H](O)[C@]1(O)C(C)=O. The third-order valence-electron chi connectivity index (χ3n) is 4.73. The second-order valence-corrected chi connectivity index (χ2v) is 9.69. The van der Waals surface area contributed by atoms with E-state index < -0.39 is 66.6 Å². The number of Topliss-reactive ketones (excluding diaryl/α,β-unsaturated/α-hetero) is 2. The maximum absolute atomic E-state index is 13.5. The molecule has 150 valence electrons. The van der Waals surface area contributed by atoms with Crippen LogP contribution >= 0.6 is 0 Å². The van der Waals surface area contributed by atoms with Crippen LogP contribution in [0.4, 0.5) is 0 Å². The van der Waals surface area contributed by atoms with Crippen LogP contribution in [0.3, 0.4) is 0 Å². The molecule has 0 aliphatic carbocycles. The van der Waals surface area contributed by atoms with Crippen molar-refractivity contribution in [3.63, 3.8) is 0 Å². The maximum Gasteiger partial charge on any atom is 0.265 e. The van der Waals surface area contributed by atoms with E-state index in [0.29, 0.717) is 27.7 Å². The highest BCUT2D eigenvalue weighted by Crippen LogP contribution is 2.53. The maximum atomic E-state index is 13.5. The van der Waals surface area contributed by atoms with E-state index in [9.17, 15) is 48.4 Å². The van der Waals surface area contributed by atoms with Gasteiger partial charge in [0.25, 0.3) is 4.93 Å². The van der Waals surface area contributed by atoms with Gasteiger partial charge in [-0.3, -0.25) is 23.7 Å². The number of rotatable bonds is 4. The molecule has 1 aliphatic rings. The molecule has 1 unspecified atom stereocenters. The van der Waals surface area contributed by atoms with Gasteiger partial charge < -0.3 is 25.2 Å². The number of carbonyl (C=O) groups excluding carboxylic acids is 4. The quantitative estimate of drug-likeness (QED) is 0.325. The van der Waals surface area contributed by atoms with Crippen molar-refractivity contribution in [3.05, 3.63) is 0 Å². The van der Waals surface area contributed by atoms with Gasteiger partial charge in [-0.1, -0.05) is 0 Å². The minimum absolute atomic E-state index is 0.468. The van der Waals surface area contributed by atoms with Gasteiger partial charge in [0, 0.05) is 13.8 Å². The third kappa shape index (κ3) is 2.24. The van der Waals surface area contributed by atoms with Gasteiger partial charge in [0.1, 0.15) is 18.3 Å². The van der Waals surface area contributed by atoms with E-state index in [2.05, 4.69) is 0 Å². The Morgan fingerprint density at radius 3 is 1.69 bits per heavy atom. The van der Waals surface area contributed by atoms with Crippen molar-refractivity contribution in [1.29, 1.82) is 0 Å². The van der Waals surface area contributed by atoms with Gasteiger partial charge in [0.15, 0.2) is 11.6 Å². The number of aliphatic hydroxyl groups excluding tert-OH is 3. The van der Waals surface area contributed by atoms with Gasteiger partial charge in [-0.25, -0.2) is 0 Å². The zero-order chi connectivity index (χ0) is 20.9. The number of hydrogen-bond acceptors (Lipinski definition) is 10. The number of aliphatic hydroxyl groups is 4. The first-order chi connectivity index (χ1) is 11.6. The molecular formula is C14H22O11S. The van der Waals surface area contributed by atoms with Gasteiger partial charge in [-0.05, 0) is 23.2 Å². The van der Waals surface area contributed by atoms with Gasteiger partial charge in [-0.15, -0.1) is 0 Å². The summed E-state index contributed by atoms with van der Waals surface area (Å²) in [5, 5.41) is 36.8. The summed E-state index contributed by atoms with van der Waals surface area (Å²) in [6.45, 7) is 0.957. The molecule has 5 N–H and O–H groups in total. The molecule has 11 nitrogen and oxygen atoms in total. The molecule has 0 saturated carbocycles. The van der Waals surface area contributed by atoms with E-state index in [4.69, 9.17) is 4.74 Å². The third-order valence-corrected chi connectivity index (χ3v) is 8.63. The molecule has 1 heterocycles. The minimum atomic E-state index is -6.68. The number of ketones is 2. The zero-order valence-electron chi connectivity index (χ0n) is 14.5. The average molecular weight is 398 g/mol. The molecule has 1 aliphatic heterocycles. The van der Waals surface area contributed by atoms with E-state index in [-0.39, 0.29) is 0 Å². The van der Waals surface area contributed by atoms with Crippen molar-refractivity contribution in [2.75, 3.05) is 6.61 Å². The molecule has 0 spiro atoms. The molecule has 1 saturated heterocycles. The van der Waals surface area contributed by atoms with E-state index in [1.165, 1.54) is 0 Å². The van der Waals surface area contributed by atoms with Crippen molar-refractivity contribution in [3.8, 4) is 0 Å². The molecule has 0 aromatic carbocycles. The van der Waals surface area contributed by atoms with Crippen LogP contribution in [0.15, 0.2) is 0 Å². The fourth-order valence-corrected chi connectivity index (χ4v) is 6.10. The van der Waals surface area contributed by atoms with E-state index in [1.54, 1.807) is 0 Å². The van der Waals surface area contributed by atoms with E-state index >= 15 is 0 Å². The molecule has 26 heavy (non-hydrogen) atoms. The van der Waals surface area contributed by atoms with Crippen LogP contribution in [-0.4, -0.2) is 86.4 Å². The second-order valence-electron chi connectivity index (χ2n) is 6.16. The predicted octanol–water partition coefficient (Wildman–Crippen LogP) is -2.91. The lowest BCUT2D eigenvalue weighted by Gasteiger charge is -2.61. The fourth-order valence-electron chi connectivity index (χ4n) is 3.21. The van der Waals surface area contributed by atoms with Crippen LogP contribution in [0.5, 0.6) is 0 Å². The number of ether oxygens (including phenoxy) is 1. The Hall–Kier alpha value is -1.41. The van der Waals surface area contributed by atoms with Crippen molar-refractivity contribution in [2.45, 2.75) is 56.5 Å². The lowest BCUT2D eigenvalue weighted by molar-refractivity contribution is -0.272. The summed E-state index contributed by atoms with van der Waals surface area (Å²) in [6, 6.07) is 0. The lowest BCUT2D eigenvalue weighted by atomic mass is 9.77. The second kappa shape index (κ2) is 6.34. The predicted molar refractivity (Wildman–Crippen MR) is 85.1 cm³/mol. The highest BCUT2D eigenvalue weighted by atomic mass is 32.3.